The molecule has 1 aliphatic rings. The highest BCUT2D eigenvalue weighted by Gasteiger charge is 2.24. The summed E-state index contributed by atoms with van der Waals surface area (Å²) in [6.45, 7) is 7.48. The van der Waals surface area contributed by atoms with Crippen LogP contribution in [0.4, 0.5) is 0 Å². The summed E-state index contributed by atoms with van der Waals surface area (Å²) in [6.07, 6.45) is 6.09. The first-order chi connectivity index (χ1) is 7.03. The van der Waals surface area contributed by atoms with Gasteiger partial charge in [-0.05, 0) is 52.0 Å². The van der Waals surface area contributed by atoms with Crippen molar-refractivity contribution in [3.63, 3.8) is 0 Å². The van der Waals surface area contributed by atoms with E-state index in [1.165, 1.54) is 19.3 Å². The van der Waals surface area contributed by atoms with Gasteiger partial charge in [-0.15, -0.1) is 0 Å². The van der Waals surface area contributed by atoms with E-state index in [4.69, 9.17) is 5.26 Å². The van der Waals surface area contributed by atoms with Crippen molar-refractivity contribution >= 4 is 0 Å². The molecule has 1 saturated carbocycles. The molecule has 0 bridgehead atoms. The zero-order chi connectivity index (χ0) is 11.3. The van der Waals surface area contributed by atoms with Gasteiger partial charge in [0.1, 0.15) is 0 Å². The van der Waals surface area contributed by atoms with Crippen molar-refractivity contribution in [2.24, 2.45) is 11.3 Å². The summed E-state index contributed by atoms with van der Waals surface area (Å²) in [5.74, 6) is 0.931. The molecule has 0 radical (unpaired) electrons. The highest BCUT2D eigenvalue weighted by atomic mass is 14.9. The van der Waals surface area contributed by atoms with Crippen LogP contribution in [0.5, 0.6) is 0 Å². The molecule has 0 aliphatic heterocycles. The van der Waals surface area contributed by atoms with Gasteiger partial charge in [-0.25, -0.2) is 0 Å². The van der Waals surface area contributed by atoms with E-state index in [-0.39, 0.29) is 5.41 Å². The van der Waals surface area contributed by atoms with E-state index in [9.17, 15) is 0 Å². The fraction of sp³-hybridized carbons (Fsp3) is 0.923. The SMILES string of the molecule is CC1CC(NCCCCC(C)(C)C#N)C1. The van der Waals surface area contributed by atoms with Gasteiger partial charge in [0.2, 0.25) is 0 Å². The van der Waals surface area contributed by atoms with Crippen LogP contribution in [0.2, 0.25) is 0 Å². The molecule has 15 heavy (non-hydrogen) atoms. The molecule has 0 aromatic rings. The van der Waals surface area contributed by atoms with E-state index >= 15 is 0 Å². The highest BCUT2D eigenvalue weighted by molar-refractivity contribution is 4.91. The van der Waals surface area contributed by atoms with Crippen LogP contribution < -0.4 is 5.32 Å². The Hall–Kier alpha value is -0.550. The van der Waals surface area contributed by atoms with E-state index < -0.39 is 0 Å². The third-order valence-corrected chi connectivity index (χ3v) is 3.34. The minimum Gasteiger partial charge on any atom is -0.314 e. The summed E-state index contributed by atoms with van der Waals surface area (Å²) >= 11 is 0. The first-order valence-corrected chi connectivity index (χ1v) is 6.18. The van der Waals surface area contributed by atoms with Gasteiger partial charge in [0.25, 0.3) is 0 Å². The van der Waals surface area contributed by atoms with Gasteiger partial charge < -0.3 is 5.32 Å². The van der Waals surface area contributed by atoms with Crippen LogP contribution in [0.25, 0.3) is 0 Å². The quantitative estimate of drug-likeness (QED) is 0.681. The molecule has 0 aromatic heterocycles. The van der Waals surface area contributed by atoms with E-state index in [0.29, 0.717) is 0 Å². The number of rotatable bonds is 6. The molecular weight excluding hydrogens is 184 g/mol. The molecule has 86 valence electrons. The second kappa shape index (κ2) is 5.51. The predicted molar refractivity (Wildman–Crippen MR) is 63.4 cm³/mol. The Morgan fingerprint density at radius 2 is 2.00 bits per heavy atom. The van der Waals surface area contributed by atoms with E-state index in [2.05, 4.69) is 18.3 Å². The second-order valence-corrected chi connectivity index (χ2v) is 5.68. The summed E-state index contributed by atoms with van der Waals surface area (Å²) in [5, 5.41) is 12.4. The summed E-state index contributed by atoms with van der Waals surface area (Å²) in [7, 11) is 0. The number of unbranched alkanes of at least 4 members (excludes halogenated alkanes) is 1. The highest BCUT2D eigenvalue weighted by Crippen LogP contribution is 2.26. The number of nitriles is 1. The summed E-state index contributed by atoms with van der Waals surface area (Å²) in [4.78, 5) is 0. The van der Waals surface area contributed by atoms with Crippen LogP contribution >= 0.6 is 0 Å². The van der Waals surface area contributed by atoms with Crippen molar-refractivity contribution in [2.45, 2.75) is 58.9 Å². The van der Waals surface area contributed by atoms with E-state index in [0.717, 1.165) is 31.3 Å². The molecule has 1 N–H and O–H groups in total. The van der Waals surface area contributed by atoms with Crippen molar-refractivity contribution in [2.75, 3.05) is 6.54 Å². The van der Waals surface area contributed by atoms with Crippen molar-refractivity contribution in [1.82, 2.24) is 5.32 Å². The maximum absolute atomic E-state index is 8.85. The molecule has 0 atom stereocenters. The largest absolute Gasteiger partial charge is 0.314 e. The second-order valence-electron chi connectivity index (χ2n) is 5.68. The smallest absolute Gasteiger partial charge is 0.0683 e. The van der Waals surface area contributed by atoms with Crippen LogP contribution in [0, 0.1) is 22.7 Å². The Morgan fingerprint density at radius 1 is 1.33 bits per heavy atom. The predicted octanol–water partition coefficient (Wildman–Crippen LogP) is 3.09. The maximum Gasteiger partial charge on any atom is 0.0683 e. The van der Waals surface area contributed by atoms with Gasteiger partial charge in [0.05, 0.1) is 11.5 Å². The third-order valence-electron chi connectivity index (χ3n) is 3.34. The van der Waals surface area contributed by atoms with E-state index in [1.54, 1.807) is 0 Å². The standard InChI is InChI=1S/C13H24N2/c1-11-8-12(9-11)15-7-5-4-6-13(2,3)10-14/h11-12,15H,4-9H2,1-3H3. The van der Waals surface area contributed by atoms with Gasteiger partial charge in [-0.2, -0.15) is 5.26 Å². The van der Waals surface area contributed by atoms with Crippen molar-refractivity contribution < 1.29 is 0 Å². The third kappa shape index (κ3) is 4.66. The fourth-order valence-corrected chi connectivity index (χ4v) is 2.12. The minimum atomic E-state index is -0.134. The van der Waals surface area contributed by atoms with Crippen molar-refractivity contribution in [3.8, 4) is 6.07 Å². The Morgan fingerprint density at radius 3 is 2.53 bits per heavy atom. The molecule has 0 unspecified atom stereocenters. The molecule has 0 spiro atoms. The zero-order valence-corrected chi connectivity index (χ0v) is 10.3. The Labute approximate surface area is 94.1 Å². The molecule has 0 aromatic carbocycles. The average Bonchev–Trinajstić information content (AvgIpc) is 2.14. The molecule has 2 nitrogen and oxygen atoms in total. The van der Waals surface area contributed by atoms with Gasteiger partial charge in [-0.1, -0.05) is 13.3 Å². The Kier molecular flexibility index (Phi) is 4.60. The monoisotopic (exact) mass is 208 g/mol. The van der Waals surface area contributed by atoms with Crippen molar-refractivity contribution in [3.05, 3.63) is 0 Å². The summed E-state index contributed by atoms with van der Waals surface area (Å²) < 4.78 is 0. The number of hydrogen-bond acceptors (Lipinski definition) is 2. The fourth-order valence-electron chi connectivity index (χ4n) is 2.12. The zero-order valence-electron chi connectivity index (χ0n) is 10.3. The van der Waals surface area contributed by atoms with E-state index in [1.807, 2.05) is 13.8 Å². The van der Waals surface area contributed by atoms with Gasteiger partial charge in [-0.3, -0.25) is 0 Å². The Bertz CT molecular complexity index is 221. The first-order valence-electron chi connectivity index (χ1n) is 6.18. The average molecular weight is 208 g/mol. The molecule has 0 amide bonds. The number of hydrogen-bond donors (Lipinski definition) is 1. The minimum absolute atomic E-state index is 0.134. The van der Waals surface area contributed by atoms with Crippen LogP contribution in [-0.4, -0.2) is 12.6 Å². The normalized spacial score (nSPS) is 25.7. The number of nitrogens with zero attached hydrogens (tertiary/aromatic N) is 1. The molecule has 1 fully saturated rings. The van der Waals surface area contributed by atoms with Crippen LogP contribution in [0.1, 0.15) is 52.9 Å². The lowest BCUT2D eigenvalue weighted by atomic mass is 9.82. The molecule has 2 heteroatoms. The topological polar surface area (TPSA) is 35.8 Å². The van der Waals surface area contributed by atoms with Crippen molar-refractivity contribution in [1.29, 1.82) is 5.26 Å². The summed E-state index contributed by atoms with van der Waals surface area (Å²) in [6, 6.07) is 3.13. The molecule has 1 aliphatic carbocycles. The lowest BCUT2D eigenvalue weighted by Crippen LogP contribution is -2.40. The van der Waals surface area contributed by atoms with Gasteiger partial charge in [0.15, 0.2) is 0 Å². The summed E-state index contributed by atoms with van der Waals surface area (Å²) in [5.41, 5.74) is -0.134. The van der Waals surface area contributed by atoms with Crippen LogP contribution in [0.15, 0.2) is 0 Å². The maximum atomic E-state index is 8.85. The first kappa shape index (κ1) is 12.5. The lowest BCUT2D eigenvalue weighted by Gasteiger charge is -2.33. The van der Waals surface area contributed by atoms with Gasteiger partial charge in [0, 0.05) is 6.04 Å². The van der Waals surface area contributed by atoms with Gasteiger partial charge >= 0.3 is 0 Å². The molecular formula is C13H24N2. The molecule has 0 heterocycles. The lowest BCUT2D eigenvalue weighted by molar-refractivity contribution is 0.240. The molecule has 1 rings (SSSR count). The van der Waals surface area contributed by atoms with Crippen LogP contribution in [0.3, 0.4) is 0 Å². The Balaban J connectivity index is 1.92. The van der Waals surface area contributed by atoms with Crippen LogP contribution in [-0.2, 0) is 0 Å². The number of nitrogens with one attached hydrogen (secondary N) is 1. The molecule has 0 saturated heterocycles.